The van der Waals surface area contributed by atoms with Crippen LogP contribution >= 0.6 is 12.2 Å². The molecular weight excluding hydrogens is 466 g/mol. The molecule has 1 aromatic carbocycles. The topological polar surface area (TPSA) is 45.6 Å². The van der Waals surface area contributed by atoms with Crippen molar-refractivity contribution < 1.29 is 4.74 Å². The Morgan fingerprint density at radius 3 is 2.58 bits per heavy atom. The van der Waals surface area contributed by atoms with Gasteiger partial charge < -0.3 is 19.5 Å². The van der Waals surface area contributed by atoms with E-state index in [1.54, 1.807) is 0 Å². The van der Waals surface area contributed by atoms with Gasteiger partial charge in [-0.1, -0.05) is 31.2 Å². The molecule has 4 heterocycles. The highest BCUT2D eigenvalue weighted by Crippen LogP contribution is 2.41. The highest BCUT2D eigenvalue weighted by Gasteiger charge is 2.41. The molecule has 0 amide bonds. The number of benzene rings is 1. The van der Waals surface area contributed by atoms with E-state index in [0.29, 0.717) is 0 Å². The summed E-state index contributed by atoms with van der Waals surface area (Å²) in [5, 5.41) is 4.44. The van der Waals surface area contributed by atoms with Crippen LogP contribution in [0.25, 0.3) is 5.69 Å². The molecule has 0 saturated carbocycles. The molecule has 1 N–H and O–H groups in total. The highest BCUT2D eigenvalue weighted by atomic mass is 32.1. The Hall–Kier alpha value is -2.74. The molecule has 2 aliphatic heterocycles. The Morgan fingerprint density at radius 1 is 1.06 bits per heavy atom. The maximum Gasteiger partial charge on any atom is 0.170 e. The lowest BCUT2D eigenvalue weighted by molar-refractivity contribution is 0.0365. The van der Waals surface area contributed by atoms with Gasteiger partial charge in [0.1, 0.15) is 0 Å². The molecule has 6 nitrogen and oxygen atoms in total. The van der Waals surface area contributed by atoms with Crippen LogP contribution in [0.3, 0.4) is 0 Å². The van der Waals surface area contributed by atoms with Crippen LogP contribution in [-0.2, 0) is 11.2 Å². The lowest BCUT2D eigenvalue weighted by Gasteiger charge is -2.30. The predicted molar refractivity (Wildman–Crippen MR) is 149 cm³/mol. The number of aryl methyl sites for hydroxylation is 2. The van der Waals surface area contributed by atoms with E-state index >= 15 is 0 Å². The standard InChI is InChI=1S/C29H37N5OS/c1-4-23-10-5-6-12-26(23)34-21(2)20-24(22(34)3)28-27(25-11-7-8-13-30-25)31-29(36)33(28)15-9-14-32-16-18-35-19-17-32/h5-8,10-13,20,27-28H,4,9,14-19H2,1-3H3,(H,31,36)/t27-,28-/m0/s1. The number of pyridine rings is 1. The monoisotopic (exact) mass is 503 g/mol. The molecule has 2 atom stereocenters. The number of para-hydroxylation sites is 1. The van der Waals surface area contributed by atoms with Gasteiger partial charge in [-0.2, -0.15) is 0 Å². The third-order valence-electron chi connectivity index (χ3n) is 7.58. The van der Waals surface area contributed by atoms with Crippen molar-refractivity contribution in [1.82, 2.24) is 24.7 Å². The van der Waals surface area contributed by atoms with Gasteiger partial charge in [-0.15, -0.1) is 0 Å². The lowest BCUT2D eigenvalue weighted by Crippen LogP contribution is -2.39. The third kappa shape index (κ3) is 4.92. The Balaban J connectivity index is 1.49. The van der Waals surface area contributed by atoms with Gasteiger partial charge in [0.25, 0.3) is 0 Å². The van der Waals surface area contributed by atoms with Crippen LogP contribution in [0, 0.1) is 13.8 Å². The van der Waals surface area contributed by atoms with Crippen molar-refractivity contribution in [2.45, 2.75) is 45.7 Å². The normalized spacial score (nSPS) is 20.6. The molecule has 36 heavy (non-hydrogen) atoms. The summed E-state index contributed by atoms with van der Waals surface area (Å²) in [4.78, 5) is 9.62. The number of nitrogens with one attached hydrogen (secondary N) is 1. The summed E-state index contributed by atoms with van der Waals surface area (Å²) in [6.07, 6.45) is 3.94. The molecule has 7 heteroatoms. The van der Waals surface area contributed by atoms with E-state index in [-0.39, 0.29) is 12.1 Å². The molecule has 5 rings (SSSR count). The first-order valence-electron chi connectivity index (χ1n) is 13.1. The Kier molecular flexibility index (Phi) is 7.70. The lowest BCUT2D eigenvalue weighted by atomic mass is 9.96. The van der Waals surface area contributed by atoms with E-state index in [4.69, 9.17) is 21.9 Å². The second kappa shape index (κ2) is 11.1. The number of rotatable bonds is 8. The molecule has 0 aliphatic carbocycles. The van der Waals surface area contributed by atoms with E-state index in [2.05, 4.69) is 82.9 Å². The number of hydrogen-bond acceptors (Lipinski definition) is 4. The number of hydrogen-bond donors (Lipinski definition) is 1. The molecule has 0 unspecified atom stereocenters. The van der Waals surface area contributed by atoms with Gasteiger partial charge in [0.2, 0.25) is 0 Å². The SMILES string of the molecule is CCc1ccccc1-n1c(C)cc([C@H]2[C@H](c3ccccn3)NC(=S)N2CCCN2CCOCC2)c1C. The van der Waals surface area contributed by atoms with Crippen LogP contribution in [0.2, 0.25) is 0 Å². The smallest absolute Gasteiger partial charge is 0.170 e. The van der Waals surface area contributed by atoms with E-state index in [9.17, 15) is 0 Å². The first-order chi connectivity index (χ1) is 17.6. The Morgan fingerprint density at radius 2 is 1.83 bits per heavy atom. The van der Waals surface area contributed by atoms with Crippen LogP contribution < -0.4 is 5.32 Å². The molecule has 0 spiro atoms. The van der Waals surface area contributed by atoms with E-state index in [0.717, 1.165) is 63.0 Å². The zero-order valence-corrected chi connectivity index (χ0v) is 22.4. The van der Waals surface area contributed by atoms with Crippen LogP contribution in [-0.4, -0.2) is 63.9 Å². The highest BCUT2D eigenvalue weighted by molar-refractivity contribution is 7.80. The van der Waals surface area contributed by atoms with E-state index < -0.39 is 0 Å². The maximum atomic E-state index is 5.93. The van der Waals surface area contributed by atoms with Crippen molar-refractivity contribution in [3.8, 4) is 5.69 Å². The summed E-state index contributed by atoms with van der Waals surface area (Å²) in [5.74, 6) is 0. The summed E-state index contributed by atoms with van der Waals surface area (Å²) in [6.45, 7) is 12.3. The summed E-state index contributed by atoms with van der Waals surface area (Å²) in [5.41, 5.74) is 7.47. The zero-order chi connectivity index (χ0) is 25.1. The van der Waals surface area contributed by atoms with Gasteiger partial charge >= 0.3 is 0 Å². The number of ether oxygens (including phenoxy) is 1. The predicted octanol–water partition coefficient (Wildman–Crippen LogP) is 4.75. The van der Waals surface area contributed by atoms with Crippen molar-refractivity contribution in [2.24, 2.45) is 0 Å². The maximum absolute atomic E-state index is 5.93. The van der Waals surface area contributed by atoms with Gasteiger partial charge in [0, 0.05) is 49.5 Å². The van der Waals surface area contributed by atoms with Crippen molar-refractivity contribution in [3.63, 3.8) is 0 Å². The second-order valence-corrected chi connectivity index (χ2v) is 10.2. The van der Waals surface area contributed by atoms with Gasteiger partial charge in [-0.25, -0.2) is 0 Å². The number of nitrogens with zero attached hydrogens (tertiary/aromatic N) is 4. The quantitative estimate of drug-likeness (QED) is 0.448. The molecule has 2 fully saturated rings. The average molecular weight is 504 g/mol. The minimum Gasteiger partial charge on any atom is -0.379 e. The van der Waals surface area contributed by atoms with Crippen molar-refractivity contribution in [3.05, 3.63) is 82.9 Å². The minimum absolute atomic E-state index is 0.0115. The first-order valence-corrected chi connectivity index (χ1v) is 13.5. The average Bonchev–Trinajstić information content (AvgIpc) is 3.39. The fourth-order valence-corrected chi connectivity index (χ4v) is 6.09. The molecule has 0 bridgehead atoms. The third-order valence-corrected chi connectivity index (χ3v) is 7.93. The summed E-state index contributed by atoms with van der Waals surface area (Å²) >= 11 is 5.93. The van der Waals surface area contributed by atoms with Crippen LogP contribution in [0.5, 0.6) is 0 Å². The molecule has 3 aromatic rings. The zero-order valence-electron chi connectivity index (χ0n) is 21.6. The van der Waals surface area contributed by atoms with E-state index in [1.165, 1.54) is 28.2 Å². The largest absolute Gasteiger partial charge is 0.379 e. The van der Waals surface area contributed by atoms with Crippen molar-refractivity contribution >= 4 is 17.3 Å². The van der Waals surface area contributed by atoms with Gasteiger partial charge in [-0.3, -0.25) is 9.88 Å². The Bertz CT molecular complexity index is 1190. The molecule has 2 saturated heterocycles. The molecule has 2 aliphatic rings. The number of thiocarbonyl (C=S) groups is 1. The van der Waals surface area contributed by atoms with Gasteiger partial charge in [0.05, 0.1) is 31.0 Å². The molecular formula is C29H37N5OS. The Labute approximate surface area is 220 Å². The summed E-state index contributed by atoms with van der Waals surface area (Å²) < 4.78 is 7.94. The van der Waals surface area contributed by atoms with Crippen LogP contribution in [0.15, 0.2) is 54.7 Å². The minimum atomic E-state index is 0.0115. The van der Waals surface area contributed by atoms with Crippen molar-refractivity contribution in [1.29, 1.82) is 0 Å². The fraction of sp³-hybridized carbons (Fsp3) is 0.448. The fourth-order valence-electron chi connectivity index (χ4n) is 5.76. The van der Waals surface area contributed by atoms with Gasteiger partial charge in [0.15, 0.2) is 5.11 Å². The molecule has 190 valence electrons. The first kappa shape index (κ1) is 24.9. The van der Waals surface area contributed by atoms with Crippen LogP contribution in [0.1, 0.15) is 53.6 Å². The number of morpholine rings is 1. The van der Waals surface area contributed by atoms with Gasteiger partial charge in [-0.05, 0) is 74.3 Å². The van der Waals surface area contributed by atoms with E-state index in [1.807, 2.05) is 12.3 Å². The summed E-state index contributed by atoms with van der Waals surface area (Å²) in [6, 6.07) is 17.3. The summed E-state index contributed by atoms with van der Waals surface area (Å²) in [7, 11) is 0. The van der Waals surface area contributed by atoms with Crippen molar-refractivity contribution in [2.75, 3.05) is 39.4 Å². The van der Waals surface area contributed by atoms with Crippen LogP contribution in [0.4, 0.5) is 0 Å². The molecule has 0 radical (unpaired) electrons. The number of aromatic nitrogens is 2. The molecule has 2 aromatic heterocycles. The second-order valence-electron chi connectivity index (χ2n) is 9.77.